The number of fused-ring (bicyclic) bond motifs is 3. The first-order valence-electron chi connectivity index (χ1n) is 11.8. The number of rotatable bonds is 10. The quantitative estimate of drug-likeness (QED) is 0.337. The van der Waals surface area contributed by atoms with Gasteiger partial charge in [-0.25, -0.2) is 9.59 Å². The molecule has 2 aromatic rings. The Morgan fingerprint density at radius 3 is 1.94 bits per heavy atom. The zero-order chi connectivity index (χ0) is 25.6. The highest BCUT2D eigenvalue weighted by molar-refractivity contribution is 7.54. The van der Waals surface area contributed by atoms with Gasteiger partial charge in [0.2, 0.25) is 0 Å². The van der Waals surface area contributed by atoms with Crippen molar-refractivity contribution in [3.63, 3.8) is 0 Å². The van der Waals surface area contributed by atoms with Crippen molar-refractivity contribution in [1.29, 1.82) is 0 Å². The molecule has 9 heteroatoms. The van der Waals surface area contributed by atoms with Crippen LogP contribution in [0.3, 0.4) is 0 Å². The predicted octanol–water partition coefficient (Wildman–Crippen LogP) is 5.50. The molecule has 1 amide bonds. The molecule has 0 bridgehead atoms. The highest BCUT2D eigenvalue weighted by Crippen LogP contribution is 2.49. The molecule has 3 rings (SSSR count). The number of alkyl carbamates (subject to hydrolysis) is 1. The third kappa shape index (κ3) is 6.94. The Hall–Kier alpha value is -2.67. The summed E-state index contributed by atoms with van der Waals surface area (Å²) < 4.78 is 34.7. The van der Waals surface area contributed by atoms with Gasteiger partial charge in [0.25, 0.3) is 0 Å². The third-order valence-electron chi connectivity index (χ3n) is 5.38. The van der Waals surface area contributed by atoms with Crippen LogP contribution in [0, 0.1) is 0 Å². The van der Waals surface area contributed by atoms with E-state index >= 15 is 0 Å². The molecule has 0 aromatic heterocycles. The molecular weight excluding hydrogens is 469 g/mol. The van der Waals surface area contributed by atoms with E-state index in [0.717, 1.165) is 22.3 Å². The molecule has 0 heterocycles. The van der Waals surface area contributed by atoms with Crippen molar-refractivity contribution in [1.82, 2.24) is 5.32 Å². The maximum Gasteiger partial charge on any atom is 0.407 e. The van der Waals surface area contributed by atoms with Gasteiger partial charge in [-0.15, -0.1) is 0 Å². The second-order valence-electron chi connectivity index (χ2n) is 9.18. The normalized spacial score (nSPS) is 14.1. The van der Waals surface area contributed by atoms with E-state index in [-0.39, 0.29) is 31.9 Å². The van der Waals surface area contributed by atoms with Crippen LogP contribution in [0.2, 0.25) is 0 Å². The number of ether oxygens (including phenoxy) is 2. The van der Waals surface area contributed by atoms with E-state index in [1.54, 1.807) is 34.6 Å². The van der Waals surface area contributed by atoms with Crippen molar-refractivity contribution < 1.29 is 32.7 Å². The lowest BCUT2D eigenvalue weighted by atomic mass is 9.98. The summed E-state index contributed by atoms with van der Waals surface area (Å²) in [6.45, 7) is 8.81. The standard InChI is InChI=1S/C26H34NO7P/c1-6-32-35(30,33-7-2)17-23(24(28)34-26(3,4)5)27-25(29)31-16-22-20-14-10-8-12-18(20)19-13-9-11-15-21(19)22/h8-15,22-23H,6-7,16-17H2,1-5H3,(H,27,29)/t23-/m0/s1. The maximum atomic E-state index is 13.1. The summed E-state index contributed by atoms with van der Waals surface area (Å²) >= 11 is 0. The zero-order valence-corrected chi connectivity index (χ0v) is 21.8. The molecule has 1 atom stereocenters. The van der Waals surface area contributed by atoms with Crippen LogP contribution in [-0.4, -0.2) is 49.7 Å². The minimum atomic E-state index is -3.65. The Balaban J connectivity index is 1.74. The first-order chi connectivity index (χ1) is 16.6. The lowest BCUT2D eigenvalue weighted by molar-refractivity contribution is -0.156. The Morgan fingerprint density at radius 1 is 0.943 bits per heavy atom. The van der Waals surface area contributed by atoms with E-state index in [2.05, 4.69) is 5.32 Å². The molecule has 0 saturated heterocycles. The van der Waals surface area contributed by atoms with Crippen LogP contribution in [0.25, 0.3) is 11.1 Å². The van der Waals surface area contributed by atoms with Crippen LogP contribution in [0.4, 0.5) is 4.79 Å². The first-order valence-corrected chi connectivity index (χ1v) is 13.5. The number of carbonyl (C=O) groups is 2. The summed E-state index contributed by atoms with van der Waals surface area (Å²) in [4.78, 5) is 25.6. The highest BCUT2D eigenvalue weighted by atomic mass is 31.2. The average molecular weight is 504 g/mol. The van der Waals surface area contributed by atoms with Crippen molar-refractivity contribution >= 4 is 19.7 Å². The van der Waals surface area contributed by atoms with Crippen LogP contribution in [0.5, 0.6) is 0 Å². The fourth-order valence-corrected chi connectivity index (χ4v) is 5.85. The monoisotopic (exact) mass is 503 g/mol. The molecule has 0 unspecified atom stereocenters. The largest absolute Gasteiger partial charge is 0.458 e. The number of benzene rings is 2. The molecule has 8 nitrogen and oxygen atoms in total. The van der Waals surface area contributed by atoms with E-state index < -0.39 is 31.3 Å². The summed E-state index contributed by atoms with van der Waals surface area (Å²) in [6.07, 6.45) is -1.18. The van der Waals surface area contributed by atoms with Gasteiger partial charge in [-0.2, -0.15) is 0 Å². The Bertz CT molecular complexity index is 1040. The van der Waals surface area contributed by atoms with E-state index in [4.69, 9.17) is 18.5 Å². The van der Waals surface area contributed by atoms with Gasteiger partial charge in [-0.3, -0.25) is 4.57 Å². The van der Waals surface area contributed by atoms with E-state index in [9.17, 15) is 14.2 Å². The molecule has 190 valence electrons. The van der Waals surface area contributed by atoms with Crippen molar-refractivity contribution in [3.8, 4) is 11.1 Å². The van der Waals surface area contributed by atoms with Gasteiger partial charge in [0, 0.05) is 5.92 Å². The van der Waals surface area contributed by atoms with Crippen molar-refractivity contribution in [2.24, 2.45) is 0 Å². The second-order valence-corrected chi connectivity index (χ2v) is 11.3. The Morgan fingerprint density at radius 2 is 1.46 bits per heavy atom. The van der Waals surface area contributed by atoms with E-state index in [1.807, 2.05) is 48.5 Å². The molecular formula is C26H34NO7P. The number of nitrogens with one attached hydrogen (secondary N) is 1. The molecule has 1 aliphatic carbocycles. The van der Waals surface area contributed by atoms with Gasteiger partial charge in [0.1, 0.15) is 18.2 Å². The predicted molar refractivity (Wildman–Crippen MR) is 134 cm³/mol. The molecule has 0 fully saturated rings. The van der Waals surface area contributed by atoms with Crippen molar-refractivity contribution in [2.45, 2.75) is 52.2 Å². The molecule has 0 spiro atoms. The van der Waals surface area contributed by atoms with Gasteiger partial charge in [0.15, 0.2) is 0 Å². The summed E-state index contributed by atoms with van der Waals surface area (Å²) in [5, 5.41) is 2.52. The van der Waals surface area contributed by atoms with Crippen LogP contribution < -0.4 is 5.32 Å². The fraction of sp³-hybridized carbons (Fsp3) is 0.462. The SMILES string of the molecule is CCOP(=O)(C[C@H](NC(=O)OCC1c2ccccc2-c2ccccc21)C(=O)OC(C)(C)C)OCC. The topological polar surface area (TPSA) is 100 Å². The summed E-state index contributed by atoms with van der Waals surface area (Å²) in [6, 6.07) is 14.7. The molecule has 35 heavy (non-hydrogen) atoms. The molecule has 0 radical (unpaired) electrons. The number of amides is 1. The summed E-state index contributed by atoms with van der Waals surface area (Å²) in [5.41, 5.74) is 3.56. The Kier molecular flexibility index (Phi) is 8.75. The van der Waals surface area contributed by atoms with Crippen LogP contribution in [-0.2, 0) is 27.9 Å². The molecule has 0 saturated carbocycles. The molecule has 0 aliphatic heterocycles. The lowest BCUT2D eigenvalue weighted by Gasteiger charge is -2.26. The molecule has 1 N–H and O–H groups in total. The third-order valence-corrected chi connectivity index (χ3v) is 7.50. The van der Waals surface area contributed by atoms with Gasteiger partial charge >= 0.3 is 19.7 Å². The van der Waals surface area contributed by atoms with Gasteiger partial charge in [-0.1, -0.05) is 48.5 Å². The van der Waals surface area contributed by atoms with Crippen LogP contribution in [0.15, 0.2) is 48.5 Å². The number of hydrogen-bond donors (Lipinski definition) is 1. The minimum absolute atomic E-state index is 0.0788. The van der Waals surface area contributed by atoms with Crippen molar-refractivity contribution in [2.75, 3.05) is 26.0 Å². The first kappa shape index (κ1) is 26.9. The number of hydrogen-bond acceptors (Lipinski definition) is 7. The summed E-state index contributed by atoms with van der Waals surface area (Å²) in [7, 11) is -3.65. The molecule has 1 aliphatic rings. The van der Waals surface area contributed by atoms with Gasteiger partial charge in [0.05, 0.1) is 19.4 Å². The van der Waals surface area contributed by atoms with Gasteiger partial charge in [-0.05, 0) is 56.9 Å². The minimum Gasteiger partial charge on any atom is -0.458 e. The second kappa shape index (κ2) is 11.4. The van der Waals surface area contributed by atoms with Gasteiger partial charge < -0.3 is 23.8 Å². The number of esters is 1. The van der Waals surface area contributed by atoms with E-state index in [0.29, 0.717) is 0 Å². The molecule has 2 aromatic carbocycles. The van der Waals surface area contributed by atoms with Crippen LogP contribution >= 0.6 is 7.60 Å². The highest BCUT2D eigenvalue weighted by Gasteiger charge is 2.37. The lowest BCUT2D eigenvalue weighted by Crippen LogP contribution is -2.47. The van der Waals surface area contributed by atoms with Crippen LogP contribution in [0.1, 0.15) is 51.7 Å². The van der Waals surface area contributed by atoms with E-state index in [1.165, 1.54) is 0 Å². The van der Waals surface area contributed by atoms with Crippen molar-refractivity contribution in [3.05, 3.63) is 59.7 Å². The summed E-state index contributed by atoms with van der Waals surface area (Å²) in [5.74, 6) is -0.878. The fourth-order valence-electron chi connectivity index (χ4n) is 4.09. The Labute approximate surface area is 206 Å². The number of carbonyl (C=O) groups excluding carboxylic acids is 2. The maximum absolute atomic E-state index is 13.1. The zero-order valence-electron chi connectivity index (χ0n) is 20.9. The smallest absolute Gasteiger partial charge is 0.407 e. The average Bonchev–Trinajstić information content (AvgIpc) is 3.10.